The summed E-state index contributed by atoms with van der Waals surface area (Å²) in [5, 5.41) is 5.07. The van der Waals surface area contributed by atoms with Crippen LogP contribution in [0.5, 0.6) is 5.75 Å². The Morgan fingerprint density at radius 1 is 1.00 bits per heavy atom. The van der Waals surface area contributed by atoms with Crippen LogP contribution in [0, 0.1) is 0 Å². The van der Waals surface area contributed by atoms with Gasteiger partial charge < -0.3 is 15.0 Å². The molecule has 0 fully saturated rings. The molecule has 0 aliphatic carbocycles. The van der Waals surface area contributed by atoms with Crippen molar-refractivity contribution in [2.24, 2.45) is 0 Å². The summed E-state index contributed by atoms with van der Waals surface area (Å²) in [6.45, 7) is 12.2. The van der Waals surface area contributed by atoms with E-state index in [0.29, 0.717) is 6.54 Å². The standard InChI is InChI=1S/C14H15NO2.C6H15N/c1-10(16)15-9-11-3-4-13-8-14(17-2)6-5-12(13)7-11;1-4-7(5-2)6-3/h3-8H,9H2,1-2H3,(H,15,16);4-6H2,1-3H3. The van der Waals surface area contributed by atoms with E-state index in [1.807, 2.05) is 30.3 Å². The molecule has 0 aliphatic rings. The highest BCUT2D eigenvalue weighted by Gasteiger charge is 1.99. The van der Waals surface area contributed by atoms with Crippen LogP contribution in [0.2, 0.25) is 0 Å². The van der Waals surface area contributed by atoms with Crippen LogP contribution in [-0.4, -0.2) is 37.6 Å². The van der Waals surface area contributed by atoms with Crippen molar-refractivity contribution >= 4 is 16.7 Å². The average Bonchev–Trinajstić information content (AvgIpc) is 2.61. The molecule has 0 aromatic heterocycles. The molecular formula is C20H30N2O2. The molecule has 0 radical (unpaired) electrons. The molecule has 0 unspecified atom stereocenters. The number of benzene rings is 2. The highest BCUT2D eigenvalue weighted by Crippen LogP contribution is 2.21. The third kappa shape index (κ3) is 6.59. The molecule has 0 atom stereocenters. The number of fused-ring (bicyclic) bond motifs is 1. The maximum Gasteiger partial charge on any atom is 0.217 e. The van der Waals surface area contributed by atoms with Gasteiger partial charge in [-0.2, -0.15) is 0 Å². The second kappa shape index (κ2) is 10.7. The number of nitrogens with one attached hydrogen (secondary N) is 1. The lowest BCUT2D eigenvalue weighted by Crippen LogP contribution is -2.21. The van der Waals surface area contributed by atoms with Crippen LogP contribution in [0.3, 0.4) is 0 Å². The van der Waals surface area contributed by atoms with Crippen LogP contribution in [0.4, 0.5) is 0 Å². The molecule has 1 amide bonds. The van der Waals surface area contributed by atoms with E-state index in [0.717, 1.165) is 22.1 Å². The van der Waals surface area contributed by atoms with Crippen LogP contribution in [0.25, 0.3) is 10.8 Å². The van der Waals surface area contributed by atoms with Crippen LogP contribution in [-0.2, 0) is 11.3 Å². The minimum absolute atomic E-state index is 0.0140. The molecule has 24 heavy (non-hydrogen) atoms. The molecule has 4 heteroatoms. The molecule has 0 aliphatic heterocycles. The lowest BCUT2D eigenvalue weighted by atomic mass is 10.1. The van der Waals surface area contributed by atoms with E-state index >= 15 is 0 Å². The number of rotatable bonds is 6. The Morgan fingerprint density at radius 3 is 2.08 bits per heavy atom. The molecule has 0 saturated heterocycles. The number of ether oxygens (including phenoxy) is 1. The first-order chi connectivity index (χ1) is 11.5. The van der Waals surface area contributed by atoms with Crippen molar-refractivity contribution < 1.29 is 9.53 Å². The summed E-state index contributed by atoms with van der Waals surface area (Å²) < 4.78 is 5.17. The van der Waals surface area contributed by atoms with Crippen molar-refractivity contribution in [2.45, 2.75) is 34.2 Å². The van der Waals surface area contributed by atoms with Gasteiger partial charge in [-0.3, -0.25) is 4.79 Å². The Bertz CT molecular complexity index is 631. The molecular weight excluding hydrogens is 300 g/mol. The number of carbonyl (C=O) groups is 1. The Hall–Kier alpha value is -2.07. The van der Waals surface area contributed by atoms with E-state index in [9.17, 15) is 4.79 Å². The lowest BCUT2D eigenvalue weighted by molar-refractivity contribution is -0.119. The summed E-state index contributed by atoms with van der Waals surface area (Å²) in [6, 6.07) is 12.1. The summed E-state index contributed by atoms with van der Waals surface area (Å²) in [6.07, 6.45) is 0. The monoisotopic (exact) mass is 330 g/mol. The molecule has 2 rings (SSSR count). The van der Waals surface area contributed by atoms with E-state index in [2.05, 4.69) is 37.1 Å². The molecule has 0 saturated carbocycles. The predicted octanol–water partition coefficient (Wildman–Crippen LogP) is 3.83. The number of hydrogen-bond acceptors (Lipinski definition) is 3. The van der Waals surface area contributed by atoms with Gasteiger partial charge in [-0.15, -0.1) is 0 Å². The fraction of sp³-hybridized carbons (Fsp3) is 0.450. The SMILES string of the molecule is CCN(CC)CC.COc1ccc2cc(CNC(C)=O)ccc2c1. The van der Waals surface area contributed by atoms with Gasteiger partial charge in [-0.05, 0) is 54.2 Å². The Morgan fingerprint density at radius 2 is 1.58 bits per heavy atom. The number of nitrogens with zero attached hydrogens (tertiary/aromatic N) is 1. The van der Waals surface area contributed by atoms with Gasteiger partial charge in [0, 0.05) is 13.5 Å². The first-order valence-corrected chi connectivity index (χ1v) is 8.57. The zero-order valence-electron chi connectivity index (χ0n) is 15.6. The summed E-state index contributed by atoms with van der Waals surface area (Å²) in [5.41, 5.74) is 1.10. The molecule has 2 aromatic carbocycles. The molecule has 4 nitrogen and oxygen atoms in total. The first-order valence-electron chi connectivity index (χ1n) is 8.57. The Balaban J connectivity index is 0.000000351. The number of hydrogen-bond donors (Lipinski definition) is 1. The highest BCUT2D eigenvalue weighted by molar-refractivity contribution is 5.84. The predicted molar refractivity (Wildman–Crippen MR) is 101 cm³/mol. The van der Waals surface area contributed by atoms with Crippen molar-refractivity contribution in [1.29, 1.82) is 0 Å². The zero-order chi connectivity index (χ0) is 17.9. The maximum absolute atomic E-state index is 10.8. The summed E-state index contributed by atoms with van der Waals surface area (Å²) >= 11 is 0. The fourth-order valence-corrected chi connectivity index (χ4v) is 2.41. The molecule has 0 spiro atoms. The minimum Gasteiger partial charge on any atom is -0.497 e. The van der Waals surface area contributed by atoms with Crippen molar-refractivity contribution in [3.05, 3.63) is 42.0 Å². The summed E-state index contributed by atoms with van der Waals surface area (Å²) in [4.78, 5) is 13.2. The third-order valence-corrected chi connectivity index (χ3v) is 3.99. The van der Waals surface area contributed by atoms with E-state index < -0.39 is 0 Å². The van der Waals surface area contributed by atoms with Crippen LogP contribution >= 0.6 is 0 Å². The maximum atomic E-state index is 10.8. The quantitative estimate of drug-likeness (QED) is 0.875. The fourth-order valence-electron chi connectivity index (χ4n) is 2.41. The van der Waals surface area contributed by atoms with Gasteiger partial charge in [0.05, 0.1) is 7.11 Å². The topological polar surface area (TPSA) is 41.6 Å². The Kier molecular flexibility index (Phi) is 8.87. The second-order valence-electron chi connectivity index (χ2n) is 5.58. The van der Waals surface area contributed by atoms with Gasteiger partial charge in [0.25, 0.3) is 0 Å². The van der Waals surface area contributed by atoms with Gasteiger partial charge in [0.1, 0.15) is 5.75 Å². The molecule has 0 bridgehead atoms. The summed E-state index contributed by atoms with van der Waals surface area (Å²) in [7, 11) is 1.66. The van der Waals surface area contributed by atoms with Gasteiger partial charge in [-0.25, -0.2) is 0 Å². The first kappa shape index (κ1) is 20.0. The van der Waals surface area contributed by atoms with E-state index in [4.69, 9.17) is 4.74 Å². The smallest absolute Gasteiger partial charge is 0.217 e. The average molecular weight is 330 g/mol. The van der Waals surface area contributed by atoms with Crippen molar-refractivity contribution in [3.8, 4) is 5.75 Å². The van der Waals surface area contributed by atoms with Gasteiger partial charge in [-0.1, -0.05) is 39.0 Å². The Labute approximate surface area is 145 Å². The second-order valence-corrected chi connectivity index (χ2v) is 5.58. The van der Waals surface area contributed by atoms with Crippen molar-refractivity contribution in [2.75, 3.05) is 26.7 Å². The normalized spacial score (nSPS) is 10.2. The molecule has 2 aromatic rings. The van der Waals surface area contributed by atoms with E-state index in [1.165, 1.54) is 26.6 Å². The van der Waals surface area contributed by atoms with Crippen LogP contribution < -0.4 is 10.1 Å². The molecule has 132 valence electrons. The van der Waals surface area contributed by atoms with Crippen LogP contribution in [0.1, 0.15) is 33.3 Å². The molecule has 0 heterocycles. The number of methoxy groups -OCH3 is 1. The third-order valence-electron chi connectivity index (χ3n) is 3.99. The zero-order valence-corrected chi connectivity index (χ0v) is 15.6. The summed E-state index contributed by atoms with van der Waals surface area (Å²) in [5.74, 6) is 0.840. The van der Waals surface area contributed by atoms with E-state index in [-0.39, 0.29) is 5.91 Å². The van der Waals surface area contributed by atoms with Gasteiger partial charge in [0.15, 0.2) is 0 Å². The highest BCUT2D eigenvalue weighted by atomic mass is 16.5. The number of carbonyl (C=O) groups excluding carboxylic acids is 1. The van der Waals surface area contributed by atoms with Crippen LogP contribution in [0.15, 0.2) is 36.4 Å². The van der Waals surface area contributed by atoms with E-state index in [1.54, 1.807) is 7.11 Å². The largest absolute Gasteiger partial charge is 0.497 e. The lowest BCUT2D eigenvalue weighted by Gasteiger charge is -2.13. The number of amides is 1. The van der Waals surface area contributed by atoms with Gasteiger partial charge in [0.2, 0.25) is 5.91 Å². The minimum atomic E-state index is -0.0140. The molecule has 1 N–H and O–H groups in total. The van der Waals surface area contributed by atoms with Crippen molar-refractivity contribution in [3.63, 3.8) is 0 Å². The van der Waals surface area contributed by atoms with Gasteiger partial charge >= 0.3 is 0 Å². The van der Waals surface area contributed by atoms with Crippen molar-refractivity contribution in [1.82, 2.24) is 10.2 Å².